The van der Waals surface area contributed by atoms with E-state index in [9.17, 15) is 0 Å². The molecule has 0 spiro atoms. The van der Waals surface area contributed by atoms with Crippen molar-refractivity contribution in [2.24, 2.45) is 0 Å². The number of morpholine rings is 1. The molecule has 0 unspecified atom stereocenters. The van der Waals surface area contributed by atoms with Crippen molar-refractivity contribution in [3.05, 3.63) is 0 Å². The van der Waals surface area contributed by atoms with Crippen LogP contribution in [0.25, 0.3) is 0 Å². The van der Waals surface area contributed by atoms with E-state index < -0.39 is 0 Å². The Morgan fingerprint density at radius 1 is 1.21 bits per heavy atom. The average molecular weight is 241 g/mol. The molecule has 0 aromatic carbocycles. The Labute approximate surface area is 97.4 Å². The first-order valence-corrected chi connectivity index (χ1v) is 5.01. The Hall–Kier alpha value is 0.460. The molecule has 14 heavy (non-hydrogen) atoms. The van der Waals surface area contributed by atoms with E-state index in [0.717, 1.165) is 18.7 Å². The van der Waals surface area contributed by atoms with Crippen LogP contribution in [-0.4, -0.2) is 49.3 Å². The van der Waals surface area contributed by atoms with Crippen LogP contribution in [0.5, 0.6) is 0 Å². The second-order valence-electron chi connectivity index (χ2n) is 4.19. The normalized spacial score (nSPS) is 40.7. The highest BCUT2D eigenvalue weighted by Gasteiger charge is 2.42. The van der Waals surface area contributed by atoms with E-state index in [4.69, 9.17) is 4.74 Å². The van der Waals surface area contributed by atoms with Gasteiger partial charge in [-0.25, -0.2) is 0 Å². The lowest BCUT2D eigenvalue weighted by molar-refractivity contribution is 0.0150. The van der Waals surface area contributed by atoms with Gasteiger partial charge in [0.1, 0.15) is 0 Å². The molecular weight excluding hydrogens is 223 g/mol. The van der Waals surface area contributed by atoms with Gasteiger partial charge < -0.3 is 10.1 Å². The van der Waals surface area contributed by atoms with Gasteiger partial charge in [0.05, 0.1) is 12.7 Å². The summed E-state index contributed by atoms with van der Waals surface area (Å²) in [6, 6.07) is 1.56. The third-order valence-corrected chi connectivity index (χ3v) is 3.45. The predicted molar refractivity (Wildman–Crippen MR) is 60.6 cm³/mol. The highest BCUT2D eigenvalue weighted by molar-refractivity contribution is 5.85. The minimum Gasteiger partial charge on any atom is -0.375 e. The molecule has 0 aliphatic carbocycles. The molecule has 1 N–H and O–H groups in total. The van der Waals surface area contributed by atoms with Crippen molar-refractivity contribution in [2.75, 3.05) is 26.2 Å². The van der Waals surface area contributed by atoms with Crippen molar-refractivity contribution in [1.29, 1.82) is 0 Å². The number of nitrogens with one attached hydrogen (secondary N) is 1. The maximum atomic E-state index is 5.58. The summed E-state index contributed by atoms with van der Waals surface area (Å²) in [5, 5.41) is 3.43. The van der Waals surface area contributed by atoms with Crippen LogP contribution in [0.4, 0.5) is 0 Å². The summed E-state index contributed by atoms with van der Waals surface area (Å²) in [6.45, 7) is 4.58. The number of rotatable bonds is 1. The van der Waals surface area contributed by atoms with Crippen LogP contribution >= 0.6 is 24.8 Å². The fourth-order valence-corrected chi connectivity index (χ4v) is 2.80. The predicted octanol–water partition coefficient (Wildman–Crippen LogP) is 0.665. The number of hydrogen-bond acceptors (Lipinski definition) is 3. The van der Waals surface area contributed by atoms with E-state index in [2.05, 4.69) is 10.2 Å². The van der Waals surface area contributed by atoms with E-state index in [0.29, 0.717) is 6.10 Å². The molecule has 3 aliphatic heterocycles. The number of halogens is 2. The van der Waals surface area contributed by atoms with Crippen molar-refractivity contribution in [3.63, 3.8) is 0 Å². The monoisotopic (exact) mass is 240 g/mol. The molecule has 84 valence electrons. The van der Waals surface area contributed by atoms with Gasteiger partial charge in [-0.05, 0) is 19.4 Å². The largest absolute Gasteiger partial charge is 0.375 e. The molecule has 0 saturated carbocycles. The minimum atomic E-state index is 0. The van der Waals surface area contributed by atoms with Gasteiger partial charge in [-0.3, -0.25) is 4.90 Å². The summed E-state index contributed by atoms with van der Waals surface area (Å²) >= 11 is 0. The lowest BCUT2D eigenvalue weighted by Crippen LogP contribution is -2.45. The Morgan fingerprint density at radius 2 is 2.07 bits per heavy atom. The van der Waals surface area contributed by atoms with E-state index in [1.807, 2.05) is 0 Å². The molecule has 3 nitrogen and oxygen atoms in total. The van der Waals surface area contributed by atoms with Gasteiger partial charge in [-0.2, -0.15) is 0 Å². The lowest BCUT2D eigenvalue weighted by Gasteiger charge is -2.31. The molecule has 3 rings (SSSR count). The van der Waals surface area contributed by atoms with Gasteiger partial charge in [0.2, 0.25) is 0 Å². The maximum absolute atomic E-state index is 5.58. The van der Waals surface area contributed by atoms with Crippen LogP contribution in [0.1, 0.15) is 12.8 Å². The van der Waals surface area contributed by atoms with Crippen molar-refractivity contribution in [3.8, 4) is 0 Å². The molecule has 3 heterocycles. The third kappa shape index (κ3) is 2.02. The standard InChI is InChI=1S/C9H16N2O.2ClH/c1-2-10-4-7(1)11-5-9-3-8(11)6-12-9;;/h7-10H,1-6H2;2*1H/t7-,8-,9-;;/m0../s1. The fraction of sp³-hybridized carbons (Fsp3) is 1.00. The third-order valence-electron chi connectivity index (χ3n) is 3.45. The highest BCUT2D eigenvalue weighted by Crippen LogP contribution is 2.30. The van der Waals surface area contributed by atoms with E-state index in [1.165, 1.54) is 32.5 Å². The maximum Gasteiger partial charge on any atom is 0.0718 e. The van der Waals surface area contributed by atoms with Crippen molar-refractivity contribution in [2.45, 2.75) is 31.0 Å². The Balaban J connectivity index is 0.000000490. The Bertz CT molecular complexity index is 188. The van der Waals surface area contributed by atoms with Gasteiger partial charge in [-0.1, -0.05) is 0 Å². The summed E-state index contributed by atoms with van der Waals surface area (Å²) < 4.78 is 5.58. The molecule has 3 fully saturated rings. The molecule has 0 aromatic heterocycles. The number of nitrogens with zero attached hydrogens (tertiary/aromatic N) is 1. The first kappa shape index (κ1) is 12.5. The second-order valence-corrected chi connectivity index (χ2v) is 4.19. The molecule has 3 aliphatic rings. The summed E-state index contributed by atoms with van der Waals surface area (Å²) in [7, 11) is 0. The molecule has 3 saturated heterocycles. The average Bonchev–Trinajstić information content (AvgIpc) is 2.81. The van der Waals surface area contributed by atoms with Crippen LogP contribution in [0.2, 0.25) is 0 Å². The first-order valence-electron chi connectivity index (χ1n) is 5.01. The first-order chi connectivity index (χ1) is 5.93. The summed E-state index contributed by atoms with van der Waals surface area (Å²) in [4.78, 5) is 2.66. The smallest absolute Gasteiger partial charge is 0.0718 e. The summed E-state index contributed by atoms with van der Waals surface area (Å²) in [5.74, 6) is 0. The van der Waals surface area contributed by atoms with Crippen molar-refractivity contribution >= 4 is 24.8 Å². The quantitative estimate of drug-likeness (QED) is 0.730. The van der Waals surface area contributed by atoms with Crippen LogP contribution in [0.3, 0.4) is 0 Å². The zero-order chi connectivity index (χ0) is 7.97. The molecule has 0 radical (unpaired) electrons. The number of ether oxygens (including phenoxy) is 1. The fourth-order valence-electron chi connectivity index (χ4n) is 2.80. The van der Waals surface area contributed by atoms with Gasteiger partial charge in [0, 0.05) is 25.2 Å². The van der Waals surface area contributed by atoms with Gasteiger partial charge in [-0.15, -0.1) is 24.8 Å². The SMILES string of the molecule is C1C[C@H](N2C[C@@H]3C[C@H]2CO3)CN1.Cl.Cl. The summed E-state index contributed by atoms with van der Waals surface area (Å²) in [6.07, 6.45) is 3.19. The van der Waals surface area contributed by atoms with E-state index in [-0.39, 0.29) is 24.8 Å². The molecule has 0 amide bonds. The van der Waals surface area contributed by atoms with Crippen molar-refractivity contribution < 1.29 is 4.74 Å². The van der Waals surface area contributed by atoms with Crippen molar-refractivity contribution in [1.82, 2.24) is 10.2 Å². The van der Waals surface area contributed by atoms with Gasteiger partial charge in [0.15, 0.2) is 0 Å². The highest BCUT2D eigenvalue weighted by atomic mass is 35.5. The summed E-state index contributed by atoms with van der Waals surface area (Å²) in [5.41, 5.74) is 0. The second kappa shape index (κ2) is 4.99. The molecule has 2 bridgehead atoms. The van der Waals surface area contributed by atoms with Crippen LogP contribution in [0, 0.1) is 0 Å². The Kier molecular flexibility index (Phi) is 4.47. The van der Waals surface area contributed by atoms with E-state index in [1.54, 1.807) is 0 Å². The molecule has 3 atom stereocenters. The minimum absolute atomic E-state index is 0. The molecular formula is C9H18Cl2N2O. The van der Waals surface area contributed by atoms with Crippen LogP contribution in [-0.2, 0) is 4.74 Å². The number of hydrogen-bond donors (Lipinski definition) is 1. The van der Waals surface area contributed by atoms with Gasteiger partial charge in [0.25, 0.3) is 0 Å². The topological polar surface area (TPSA) is 24.5 Å². The number of fused-ring (bicyclic) bond motifs is 2. The van der Waals surface area contributed by atoms with Crippen LogP contribution < -0.4 is 5.32 Å². The van der Waals surface area contributed by atoms with E-state index >= 15 is 0 Å². The molecule has 0 aromatic rings. The Morgan fingerprint density at radius 3 is 2.57 bits per heavy atom. The zero-order valence-electron chi connectivity index (χ0n) is 8.15. The zero-order valence-corrected chi connectivity index (χ0v) is 9.78. The van der Waals surface area contributed by atoms with Gasteiger partial charge >= 0.3 is 0 Å². The number of likely N-dealkylation sites (tertiary alicyclic amines) is 1. The molecule has 5 heteroatoms. The lowest BCUT2D eigenvalue weighted by atomic mass is 10.2. The van der Waals surface area contributed by atoms with Crippen LogP contribution in [0.15, 0.2) is 0 Å².